The molecule has 0 fully saturated rings. The van der Waals surface area contributed by atoms with Crippen molar-refractivity contribution < 1.29 is 14.7 Å². The van der Waals surface area contributed by atoms with Gasteiger partial charge in [0, 0.05) is 11.3 Å². The molecule has 144 valence electrons. The Kier molecular flexibility index (Phi) is 6.29. The largest absolute Gasteiger partial charge is 0.507 e. The summed E-state index contributed by atoms with van der Waals surface area (Å²) >= 11 is 0. The molecule has 0 unspecified atom stereocenters. The van der Waals surface area contributed by atoms with Crippen molar-refractivity contribution in [3.63, 3.8) is 0 Å². The van der Waals surface area contributed by atoms with Crippen LogP contribution in [0.25, 0.3) is 0 Å². The van der Waals surface area contributed by atoms with E-state index in [-0.39, 0.29) is 17.9 Å². The number of terminal acetylenes is 1. The van der Waals surface area contributed by atoms with Crippen molar-refractivity contribution >= 4 is 17.5 Å². The molecule has 3 N–H and O–H groups in total. The topological polar surface area (TPSA) is 78.4 Å². The summed E-state index contributed by atoms with van der Waals surface area (Å²) in [6, 6.07) is 21.6. The van der Waals surface area contributed by atoms with Crippen LogP contribution in [0.3, 0.4) is 0 Å². The molecule has 0 radical (unpaired) electrons. The Bertz CT molecular complexity index is 1070. The summed E-state index contributed by atoms with van der Waals surface area (Å²) < 4.78 is 0. The molecule has 0 aromatic heterocycles. The summed E-state index contributed by atoms with van der Waals surface area (Å²) in [6.45, 7) is -0.235. The van der Waals surface area contributed by atoms with Gasteiger partial charge in [-0.05, 0) is 47.9 Å². The van der Waals surface area contributed by atoms with Crippen molar-refractivity contribution in [1.82, 2.24) is 5.32 Å². The fourth-order valence-corrected chi connectivity index (χ4v) is 2.85. The average Bonchev–Trinajstić information content (AvgIpc) is 2.74. The Hall–Kier alpha value is -4.04. The lowest BCUT2D eigenvalue weighted by Gasteiger charge is -2.10. The molecule has 0 heterocycles. The number of carbonyl (C=O) groups excluding carboxylic acids is 2. The van der Waals surface area contributed by atoms with Crippen LogP contribution < -0.4 is 10.6 Å². The first-order valence-electron chi connectivity index (χ1n) is 9.05. The van der Waals surface area contributed by atoms with E-state index in [1.807, 2.05) is 30.3 Å². The molecule has 29 heavy (non-hydrogen) atoms. The Labute approximate surface area is 169 Å². The van der Waals surface area contributed by atoms with Crippen molar-refractivity contribution in [3.05, 3.63) is 95.1 Å². The number of hydrogen-bond acceptors (Lipinski definition) is 3. The normalized spacial score (nSPS) is 10.0. The fourth-order valence-electron chi connectivity index (χ4n) is 2.85. The van der Waals surface area contributed by atoms with Crippen LogP contribution in [0, 0.1) is 12.3 Å². The molecular formula is C24H20N2O3. The Morgan fingerprint density at radius 1 is 0.931 bits per heavy atom. The minimum Gasteiger partial charge on any atom is -0.507 e. The van der Waals surface area contributed by atoms with Crippen LogP contribution in [-0.4, -0.2) is 23.5 Å². The number of anilines is 1. The van der Waals surface area contributed by atoms with E-state index < -0.39 is 11.8 Å². The van der Waals surface area contributed by atoms with Gasteiger partial charge in [-0.2, -0.15) is 0 Å². The van der Waals surface area contributed by atoms with E-state index in [4.69, 9.17) is 6.42 Å². The van der Waals surface area contributed by atoms with Crippen LogP contribution in [0.5, 0.6) is 5.75 Å². The van der Waals surface area contributed by atoms with Crippen molar-refractivity contribution in [2.45, 2.75) is 6.42 Å². The molecular weight excluding hydrogens is 364 g/mol. The monoisotopic (exact) mass is 384 g/mol. The minimum atomic E-state index is -0.523. The van der Waals surface area contributed by atoms with E-state index in [9.17, 15) is 14.7 Å². The Morgan fingerprint density at radius 3 is 2.48 bits per heavy atom. The third kappa shape index (κ3) is 5.47. The highest BCUT2D eigenvalue weighted by Gasteiger charge is 2.14. The third-order valence-corrected chi connectivity index (χ3v) is 4.28. The lowest BCUT2D eigenvalue weighted by Crippen LogP contribution is -2.33. The molecule has 0 aliphatic rings. The molecule has 0 aliphatic heterocycles. The molecule has 3 aromatic carbocycles. The highest BCUT2D eigenvalue weighted by atomic mass is 16.3. The summed E-state index contributed by atoms with van der Waals surface area (Å²) in [5.74, 6) is 1.44. The lowest BCUT2D eigenvalue weighted by atomic mass is 10.0. The van der Waals surface area contributed by atoms with Gasteiger partial charge in [0.2, 0.25) is 5.91 Å². The van der Waals surface area contributed by atoms with Crippen molar-refractivity contribution in [3.8, 4) is 18.1 Å². The quantitative estimate of drug-likeness (QED) is 0.571. The van der Waals surface area contributed by atoms with Gasteiger partial charge in [0.15, 0.2) is 0 Å². The van der Waals surface area contributed by atoms with Gasteiger partial charge in [-0.1, -0.05) is 48.4 Å². The second-order valence-corrected chi connectivity index (χ2v) is 6.47. The number of benzene rings is 3. The van der Waals surface area contributed by atoms with Crippen molar-refractivity contribution in [2.24, 2.45) is 0 Å². The minimum absolute atomic E-state index is 0.126. The zero-order valence-corrected chi connectivity index (χ0v) is 15.7. The van der Waals surface area contributed by atoms with E-state index in [1.165, 1.54) is 6.07 Å². The number of nitrogens with one attached hydrogen (secondary N) is 2. The lowest BCUT2D eigenvalue weighted by molar-refractivity contribution is -0.115. The highest BCUT2D eigenvalue weighted by molar-refractivity contribution is 6.01. The molecule has 5 nitrogen and oxygen atoms in total. The number of phenols is 1. The van der Waals surface area contributed by atoms with Crippen LogP contribution in [0.4, 0.5) is 5.69 Å². The highest BCUT2D eigenvalue weighted by Crippen LogP contribution is 2.20. The van der Waals surface area contributed by atoms with Gasteiger partial charge in [0.25, 0.3) is 5.91 Å². The molecule has 3 rings (SSSR count). The van der Waals surface area contributed by atoms with Gasteiger partial charge in [-0.15, -0.1) is 6.42 Å². The summed E-state index contributed by atoms with van der Waals surface area (Å²) in [5, 5.41) is 15.2. The van der Waals surface area contributed by atoms with E-state index in [0.717, 1.165) is 11.1 Å². The SMILES string of the molecule is C#Cc1cccc(NC(=O)CNC(=O)c2cc(Cc3ccccc3)ccc2O)c1. The van der Waals surface area contributed by atoms with E-state index in [2.05, 4.69) is 16.6 Å². The number of hydrogen-bond donors (Lipinski definition) is 3. The molecule has 3 aromatic rings. The molecule has 0 spiro atoms. The first kappa shape index (κ1) is 19.7. The number of rotatable bonds is 6. The average molecular weight is 384 g/mol. The number of carbonyl (C=O) groups is 2. The van der Waals surface area contributed by atoms with Crippen LogP contribution in [0.1, 0.15) is 27.0 Å². The number of phenolic OH excluding ortho intramolecular Hbond substituents is 1. The smallest absolute Gasteiger partial charge is 0.255 e. The first-order chi connectivity index (χ1) is 14.0. The van der Waals surface area contributed by atoms with Gasteiger partial charge in [-0.25, -0.2) is 0 Å². The number of aromatic hydroxyl groups is 1. The zero-order valence-electron chi connectivity index (χ0n) is 15.7. The summed E-state index contributed by atoms with van der Waals surface area (Å²) in [6.07, 6.45) is 5.98. The summed E-state index contributed by atoms with van der Waals surface area (Å²) in [7, 11) is 0. The second-order valence-electron chi connectivity index (χ2n) is 6.47. The van der Waals surface area contributed by atoms with Gasteiger partial charge in [-0.3, -0.25) is 9.59 Å². The molecule has 0 bridgehead atoms. The first-order valence-corrected chi connectivity index (χ1v) is 9.05. The fraction of sp³-hybridized carbons (Fsp3) is 0.0833. The number of amides is 2. The molecule has 2 amide bonds. The predicted octanol–water partition coefficient (Wildman–Crippen LogP) is 3.33. The van der Waals surface area contributed by atoms with Gasteiger partial charge in [0.05, 0.1) is 12.1 Å². The van der Waals surface area contributed by atoms with Gasteiger partial charge < -0.3 is 15.7 Å². The predicted molar refractivity (Wildman–Crippen MR) is 113 cm³/mol. The van der Waals surface area contributed by atoms with Crippen molar-refractivity contribution in [2.75, 3.05) is 11.9 Å². The maximum Gasteiger partial charge on any atom is 0.255 e. The van der Waals surface area contributed by atoms with Gasteiger partial charge in [0.1, 0.15) is 5.75 Å². The second kappa shape index (κ2) is 9.25. The molecule has 0 saturated heterocycles. The maximum absolute atomic E-state index is 12.4. The van der Waals surface area contributed by atoms with Crippen LogP contribution in [-0.2, 0) is 11.2 Å². The van der Waals surface area contributed by atoms with Crippen LogP contribution >= 0.6 is 0 Å². The zero-order chi connectivity index (χ0) is 20.6. The standard InChI is InChI=1S/C24H20N2O3/c1-2-17-9-6-10-20(14-17)26-23(28)16-25-24(29)21-15-19(11-12-22(21)27)13-18-7-4-3-5-8-18/h1,3-12,14-15,27H,13,16H2,(H,25,29)(H,26,28). The van der Waals surface area contributed by atoms with E-state index in [0.29, 0.717) is 17.7 Å². The van der Waals surface area contributed by atoms with Gasteiger partial charge >= 0.3 is 0 Å². The summed E-state index contributed by atoms with van der Waals surface area (Å²) in [5.41, 5.74) is 3.30. The van der Waals surface area contributed by atoms with Crippen LogP contribution in [0.15, 0.2) is 72.8 Å². The Balaban J connectivity index is 1.62. The molecule has 0 atom stereocenters. The molecule has 0 saturated carbocycles. The van der Waals surface area contributed by atoms with Crippen LogP contribution in [0.2, 0.25) is 0 Å². The Morgan fingerprint density at radius 2 is 1.72 bits per heavy atom. The molecule has 0 aliphatic carbocycles. The van der Waals surface area contributed by atoms with E-state index in [1.54, 1.807) is 36.4 Å². The van der Waals surface area contributed by atoms with E-state index >= 15 is 0 Å². The van der Waals surface area contributed by atoms with Crippen molar-refractivity contribution in [1.29, 1.82) is 0 Å². The maximum atomic E-state index is 12.4. The summed E-state index contributed by atoms with van der Waals surface area (Å²) in [4.78, 5) is 24.6. The molecule has 5 heteroatoms. The third-order valence-electron chi connectivity index (χ3n) is 4.28.